The summed E-state index contributed by atoms with van der Waals surface area (Å²) >= 11 is 0. The highest BCUT2D eigenvalue weighted by atomic mass is 35.7. The fourth-order valence-corrected chi connectivity index (χ4v) is 2.28. The molecule has 0 radical (unpaired) electrons. The molecule has 2 rings (SSSR count). The van der Waals surface area contributed by atoms with Crippen molar-refractivity contribution in [1.29, 1.82) is 0 Å². The molecule has 1 aromatic carbocycles. The number of benzene rings is 1. The first-order valence-corrected chi connectivity index (χ1v) is 7.92. The van der Waals surface area contributed by atoms with Crippen molar-refractivity contribution in [3.63, 3.8) is 0 Å². The SMILES string of the molecule is Cc1nnc(COc2c(F)cc(S(=O)(=O)Cl)cc2F)n1C. The summed E-state index contributed by atoms with van der Waals surface area (Å²) in [5.41, 5.74) is 0. The Morgan fingerprint density at radius 1 is 1.29 bits per heavy atom. The smallest absolute Gasteiger partial charge is 0.261 e. The van der Waals surface area contributed by atoms with Crippen LogP contribution in [0.5, 0.6) is 5.75 Å². The highest BCUT2D eigenvalue weighted by molar-refractivity contribution is 8.13. The Bertz CT molecular complexity index is 769. The number of aromatic nitrogens is 3. The predicted octanol–water partition coefficient (Wildman–Crippen LogP) is 1.91. The zero-order chi connectivity index (χ0) is 15.8. The van der Waals surface area contributed by atoms with Crippen molar-refractivity contribution >= 4 is 19.7 Å². The van der Waals surface area contributed by atoms with Gasteiger partial charge >= 0.3 is 0 Å². The van der Waals surface area contributed by atoms with Crippen LogP contribution in [0.15, 0.2) is 17.0 Å². The van der Waals surface area contributed by atoms with Gasteiger partial charge in [-0.05, 0) is 19.1 Å². The number of hydrogen-bond acceptors (Lipinski definition) is 5. The van der Waals surface area contributed by atoms with Crippen LogP contribution in [0.3, 0.4) is 0 Å². The summed E-state index contributed by atoms with van der Waals surface area (Å²) in [5.74, 6) is -2.08. The van der Waals surface area contributed by atoms with Crippen LogP contribution in [-0.2, 0) is 22.7 Å². The molecule has 0 saturated carbocycles. The molecular formula is C11H10ClF2N3O3S. The number of aryl methyl sites for hydroxylation is 1. The molecule has 21 heavy (non-hydrogen) atoms. The minimum Gasteiger partial charge on any atom is -0.479 e. The second-order valence-electron chi connectivity index (χ2n) is 4.17. The minimum absolute atomic E-state index is 0.224. The second kappa shape index (κ2) is 5.57. The second-order valence-corrected chi connectivity index (χ2v) is 6.73. The molecule has 10 heteroatoms. The number of rotatable bonds is 4. The molecule has 0 atom stereocenters. The van der Waals surface area contributed by atoms with Gasteiger partial charge in [-0.2, -0.15) is 0 Å². The monoisotopic (exact) mass is 337 g/mol. The molecule has 0 N–H and O–H groups in total. The zero-order valence-corrected chi connectivity index (χ0v) is 12.5. The van der Waals surface area contributed by atoms with Gasteiger partial charge in [0, 0.05) is 17.7 Å². The van der Waals surface area contributed by atoms with Gasteiger partial charge in [0.2, 0.25) is 0 Å². The number of hydrogen-bond donors (Lipinski definition) is 0. The quantitative estimate of drug-likeness (QED) is 0.797. The third-order valence-electron chi connectivity index (χ3n) is 2.78. The molecule has 0 aliphatic carbocycles. The Kier molecular flexibility index (Phi) is 4.15. The van der Waals surface area contributed by atoms with Crippen molar-refractivity contribution in [3.8, 4) is 5.75 Å². The topological polar surface area (TPSA) is 74.1 Å². The van der Waals surface area contributed by atoms with Crippen molar-refractivity contribution in [2.24, 2.45) is 7.05 Å². The lowest BCUT2D eigenvalue weighted by Gasteiger charge is -2.09. The maximum Gasteiger partial charge on any atom is 0.261 e. The molecule has 1 aromatic heterocycles. The lowest BCUT2D eigenvalue weighted by atomic mass is 10.3. The number of nitrogens with zero attached hydrogens (tertiary/aromatic N) is 3. The van der Waals surface area contributed by atoms with Crippen molar-refractivity contribution < 1.29 is 21.9 Å². The molecule has 114 valence electrons. The van der Waals surface area contributed by atoms with Gasteiger partial charge in [-0.15, -0.1) is 10.2 Å². The van der Waals surface area contributed by atoms with Gasteiger partial charge in [-0.1, -0.05) is 0 Å². The van der Waals surface area contributed by atoms with E-state index in [1.54, 1.807) is 18.5 Å². The van der Waals surface area contributed by atoms with E-state index in [0.717, 1.165) is 0 Å². The van der Waals surface area contributed by atoms with Crippen LogP contribution >= 0.6 is 10.7 Å². The van der Waals surface area contributed by atoms with E-state index in [4.69, 9.17) is 15.4 Å². The molecule has 0 saturated heterocycles. The molecule has 0 bridgehead atoms. The number of ether oxygens (including phenoxy) is 1. The molecule has 6 nitrogen and oxygen atoms in total. The van der Waals surface area contributed by atoms with Gasteiger partial charge in [0.15, 0.2) is 23.2 Å². The van der Waals surface area contributed by atoms with Gasteiger partial charge in [0.05, 0.1) is 4.90 Å². The van der Waals surface area contributed by atoms with Gasteiger partial charge in [0.25, 0.3) is 9.05 Å². The maximum atomic E-state index is 13.7. The minimum atomic E-state index is -4.22. The molecule has 0 aliphatic rings. The highest BCUT2D eigenvalue weighted by Gasteiger charge is 2.19. The fraction of sp³-hybridized carbons (Fsp3) is 0.273. The molecule has 1 heterocycles. The van der Waals surface area contributed by atoms with Crippen molar-refractivity contribution in [2.75, 3.05) is 0 Å². The van der Waals surface area contributed by atoms with Crippen LogP contribution < -0.4 is 4.74 Å². The summed E-state index contributed by atoms with van der Waals surface area (Å²) in [7, 11) is 2.47. The third-order valence-corrected chi connectivity index (χ3v) is 4.11. The van der Waals surface area contributed by atoms with E-state index >= 15 is 0 Å². The molecular weight excluding hydrogens is 328 g/mol. The Balaban J connectivity index is 2.27. The first-order valence-electron chi connectivity index (χ1n) is 5.61. The first kappa shape index (κ1) is 15.6. The van der Waals surface area contributed by atoms with Gasteiger partial charge in [0.1, 0.15) is 12.4 Å². The normalized spacial score (nSPS) is 11.7. The van der Waals surface area contributed by atoms with Crippen molar-refractivity contribution in [3.05, 3.63) is 35.4 Å². The number of halogens is 3. The first-order chi connectivity index (χ1) is 9.70. The Labute approximate surface area is 123 Å². The van der Waals surface area contributed by atoms with Gasteiger partial charge < -0.3 is 9.30 Å². The molecule has 0 unspecified atom stereocenters. The van der Waals surface area contributed by atoms with Crippen LogP contribution in [0, 0.1) is 18.6 Å². The van der Waals surface area contributed by atoms with E-state index in [1.807, 2.05) is 0 Å². The van der Waals surface area contributed by atoms with E-state index in [2.05, 4.69) is 10.2 Å². The predicted molar refractivity (Wildman–Crippen MR) is 69.5 cm³/mol. The summed E-state index contributed by atoms with van der Waals surface area (Å²) in [6, 6.07) is 1.17. The van der Waals surface area contributed by atoms with Crippen LogP contribution in [0.25, 0.3) is 0 Å². The summed E-state index contributed by atoms with van der Waals surface area (Å²) in [6.07, 6.45) is 0. The lowest BCUT2D eigenvalue weighted by molar-refractivity contribution is 0.261. The van der Waals surface area contributed by atoms with Crippen LogP contribution in [0.4, 0.5) is 8.78 Å². The van der Waals surface area contributed by atoms with E-state index in [0.29, 0.717) is 23.8 Å². The van der Waals surface area contributed by atoms with Crippen LogP contribution in [0.2, 0.25) is 0 Å². The Morgan fingerprint density at radius 2 is 1.86 bits per heavy atom. The molecule has 0 spiro atoms. The van der Waals surface area contributed by atoms with E-state index in [-0.39, 0.29) is 6.61 Å². The van der Waals surface area contributed by atoms with Gasteiger partial charge in [-0.3, -0.25) is 0 Å². The molecule has 0 aliphatic heterocycles. The fourth-order valence-electron chi connectivity index (χ4n) is 1.53. The third kappa shape index (κ3) is 3.30. The average molecular weight is 338 g/mol. The summed E-state index contributed by atoms with van der Waals surface area (Å²) in [6.45, 7) is 1.48. The van der Waals surface area contributed by atoms with Gasteiger partial charge in [-0.25, -0.2) is 17.2 Å². The summed E-state index contributed by atoms with van der Waals surface area (Å²) in [4.78, 5) is -0.680. The molecule has 0 amide bonds. The Morgan fingerprint density at radius 3 is 2.29 bits per heavy atom. The van der Waals surface area contributed by atoms with Crippen molar-refractivity contribution in [2.45, 2.75) is 18.4 Å². The Hall–Kier alpha value is -1.74. The van der Waals surface area contributed by atoms with E-state index in [9.17, 15) is 17.2 Å². The van der Waals surface area contributed by atoms with E-state index in [1.165, 1.54) is 0 Å². The highest BCUT2D eigenvalue weighted by Crippen LogP contribution is 2.27. The largest absolute Gasteiger partial charge is 0.479 e. The van der Waals surface area contributed by atoms with Crippen LogP contribution in [0.1, 0.15) is 11.6 Å². The van der Waals surface area contributed by atoms with E-state index < -0.39 is 31.3 Å². The summed E-state index contributed by atoms with van der Waals surface area (Å²) in [5, 5.41) is 7.54. The maximum absolute atomic E-state index is 13.7. The zero-order valence-electron chi connectivity index (χ0n) is 11.0. The molecule has 2 aromatic rings. The van der Waals surface area contributed by atoms with Crippen molar-refractivity contribution in [1.82, 2.24) is 14.8 Å². The lowest BCUT2D eigenvalue weighted by Crippen LogP contribution is -2.07. The average Bonchev–Trinajstić information content (AvgIpc) is 2.68. The summed E-state index contributed by atoms with van der Waals surface area (Å²) < 4.78 is 56.1. The van der Waals surface area contributed by atoms with Crippen LogP contribution in [-0.4, -0.2) is 23.2 Å². The standard InChI is InChI=1S/C11H10ClF2N3O3S/c1-6-15-16-10(17(6)2)5-20-11-8(13)3-7(4-9(11)14)21(12,18)19/h3-4H,5H2,1-2H3. The molecule has 0 fully saturated rings.